The molecule has 25 heavy (non-hydrogen) atoms. The van der Waals surface area contributed by atoms with Gasteiger partial charge in [0.2, 0.25) is 0 Å². The highest BCUT2D eigenvalue weighted by Crippen LogP contribution is 2.34. The molecule has 1 aromatic rings. The van der Waals surface area contributed by atoms with Crippen LogP contribution in [-0.2, 0) is 26.7 Å². The van der Waals surface area contributed by atoms with Gasteiger partial charge in [-0.25, -0.2) is 4.79 Å². The molecule has 0 amide bonds. The zero-order chi connectivity index (χ0) is 19.1. The van der Waals surface area contributed by atoms with Gasteiger partial charge in [0.25, 0.3) is 0 Å². The van der Waals surface area contributed by atoms with Crippen molar-refractivity contribution >= 4 is 6.16 Å². The summed E-state index contributed by atoms with van der Waals surface area (Å²) in [5.41, 5.74) is 4.38. The van der Waals surface area contributed by atoms with Gasteiger partial charge in [-0.15, -0.1) is 0 Å². The van der Waals surface area contributed by atoms with Crippen molar-refractivity contribution in [3.05, 3.63) is 47.7 Å². The van der Waals surface area contributed by atoms with Crippen molar-refractivity contribution in [1.29, 1.82) is 0 Å². The van der Waals surface area contributed by atoms with Gasteiger partial charge < -0.3 is 9.47 Å². The molecule has 0 saturated carbocycles. The van der Waals surface area contributed by atoms with Crippen LogP contribution in [0.4, 0.5) is 4.79 Å². The SMILES string of the molecule is C=COC(=O)OCCCc1cc(C(C)(C)CC)cc(C(C)(C)CC)c1. The zero-order valence-corrected chi connectivity index (χ0v) is 16.8. The zero-order valence-electron chi connectivity index (χ0n) is 16.8. The number of aryl methyl sites for hydroxylation is 1. The molecule has 0 saturated heterocycles. The third-order valence-electron chi connectivity index (χ3n) is 5.33. The second-order valence-electron chi connectivity index (χ2n) is 7.88. The molecule has 0 N–H and O–H groups in total. The van der Waals surface area contributed by atoms with Crippen molar-refractivity contribution in [3.8, 4) is 0 Å². The molecule has 3 nitrogen and oxygen atoms in total. The van der Waals surface area contributed by atoms with Gasteiger partial charge in [-0.3, -0.25) is 0 Å². The lowest BCUT2D eigenvalue weighted by Crippen LogP contribution is -2.20. The van der Waals surface area contributed by atoms with Crippen molar-refractivity contribution in [3.63, 3.8) is 0 Å². The molecule has 0 fully saturated rings. The Morgan fingerprint density at radius 3 is 2.00 bits per heavy atom. The number of benzene rings is 1. The van der Waals surface area contributed by atoms with Gasteiger partial charge in [0.05, 0.1) is 12.9 Å². The van der Waals surface area contributed by atoms with E-state index in [-0.39, 0.29) is 10.8 Å². The van der Waals surface area contributed by atoms with E-state index < -0.39 is 6.16 Å². The molecular weight excluding hydrogens is 312 g/mol. The molecule has 0 bridgehead atoms. The quantitative estimate of drug-likeness (QED) is 0.299. The summed E-state index contributed by atoms with van der Waals surface area (Å²) in [6.45, 7) is 17.3. The van der Waals surface area contributed by atoms with E-state index in [1.54, 1.807) is 0 Å². The maximum atomic E-state index is 11.2. The number of ether oxygens (including phenoxy) is 2. The number of carbonyl (C=O) groups excluding carboxylic acids is 1. The van der Waals surface area contributed by atoms with E-state index >= 15 is 0 Å². The molecule has 0 aliphatic carbocycles. The molecule has 0 heterocycles. The molecule has 0 radical (unpaired) electrons. The second-order valence-corrected chi connectivity index (χ2v) is 7.88. The van der Waals surface area contributed by atoms with Crippen LogP contribution in [0.15, 0.2) is 31.0 Å². The van der Waals surface area contributed by atoms with Gasteiger partial charge in [-0.2, -0.15) is 0 Å². The molecule has 0 aromatic heterocycles. The van der Waals surface area contributed by atoms with Gasteiger partial charge in [0.15, 0.2) is 0 Å². The Bertz CT molecular complexity index is 551. The summed E-state index contributed by atoms with van der Waals surface area (Å²) in [5.74, 6) is 0. The van der Waals surface area contributed by atoms with Gasteiger partial charge >= 0.3 is 6.16 Å². The minimum atomic E-state index is -0.691. The summed E-state index contributed by atoms with van der Waals surface area (Å²) in [6, 6.07) is 6.98. The minimum absolute atomic E-state index is 0.152. The van der Waals surface area contributed by atoms with E-state index in [0.717, 1.165) is 31.9 Å². The Morgan fingerprint density at radius 1 is 1.04 bits per heavy atom. The highest BCUT2D eigenvalue weighted by Gasteiger charge is 2.24. The topological polar surface area (TPSA) is 35.5 Å². The summed E-state index contributed by atoms with van der Waals surface area (Å²) >= 11 is 0. The number of rotatable bonds is 9. The highest BCUT2D eigenvalue weighted by atomic mass is 16.7. The van der Waals surface area contributed by atoms with Crippen molar-refractivity contribution in [1.82, 2.24) is 0 Å². The Kier molecular flexibility index (Phi) is 7.72. The van der Waals surface area contributed by atoms with Crippen LogP contribution in [0.1, 0.15) is 77.5 Å². The fourth-order valence-electron chi connectivity index (χ4n) is 2.56. The highest BCUT2D eigenvalue weighted by molar-refractivity contribution is 5.60. The first-order chi connectivity index (χ1) is 11.7. The normalized spacial score (nSPS) is 11.9. The Morgan fingerprint density at radius 2 is 1.56 bits per heavy atom. The van der Waals surface area contributed by atoms with Crippen LogP contribution in [0, 0.1) is 0 Å². The third kappa shape index (κ3) is 6.22. The molecule has 1 aromatic carbocycles. The van der Waals surface area contributed by atoms with Gasteiger partial charge in [0, 0.05) is 0 Å². The predicted octanol–water partition coefficient (Wildman–Crippen LogP) is 6.29. The van der Waals surface area contributed by atoms with Crippen LogP contribution in [0.25, 0.3) is 0 Å². The van der Waals surface area contributed by atoms with Crippen molar-refractivity contribution in [2.45, 2.75) is 78.1 Å². The summed E-state index contributed by atoms with van der Waals surface area (Å²) in [6.07, 6.45) is 4.23. The Labute approximate surface area is 153 Å². The maximum absolute atomic E-state index is 11.2. The second kappa shape index (κ2) is 9.07. The van der Waals surface area contributed by atoms with Crippen LogP contribution >= 0.6 is 0 Å². The Hall–Kier alpha value is -1.77. The van der Waals surface area contributed by atoms with Gasteiger partial charge in [-0.1, -0.05) is 66.3 Å². The van der Waals surface area contributed by atoms with E-state index in [9.17, 15) is 4.79 Å². The molecule has 140 valence electrons. The van der Waals surface area contributed by atoms with Crippen molar-refractivity contribution in [2.75, 3.05) is 6.61 Å². The molecule has 0 aliphatic heterocycles. The molecule has 3 heteroatoms. The van der Waals surface area contributed by atoms with Crippen LogP contribution in [-0.4, -0.2) is 12.8 Å². The molecule has 1 rings (SSSR count). The Balaban J connectivity index is 2.94. The van der Waals surface area contributed by atoms with E-state index in [2.05, 4.69) is 71.1 Å². The average Bonchev–Trinajstić information content (AvgIpc) is 2.58. The average molecular weight is 347 g/mol. The van der Waals surface area contributed by atoms with E-state index in [0.29, 0.717) is 6.61 Å². The van der Waals surface area contributed by atoms with Crippen LogP contribution in [0.5, 0.6) is 0 Å². The predicted molar refractivity (Wildman–Crippen MR) is 104 cm³/mol. The van der Waals surface area contributed by atoms with E-state index in [4.69, 9.17) is 4.74 Å². The van der Waals surface area contributed by atoms with Crippen LogP contribution in [0.3, 0.4) is 0 Å². The van der Waals surface area contributed by atoms with E-state index in [1.165, 1.54) is 16.7 Å². The first-order valence-electron chi connectivity index (χ1n) is 9.25. The summed E-state index contributed by atoms with van der Waals surface area (Å²) < 4.78 is 9.56. The fraction of sp³-hybridized carbons (Fsp3) is 0.591. The summed E-state index contributed by atoms with van der Waals surface area (Å²) in [4.78, 5) is 11.2. The lowest BCUT2D eigenvalue weighted by molar-refractivity contribution is 0.0840. The van der Waals surface area contributed by atoms with E-state index in [1.807, 2.05) is 0 Å². The lowest BCUT2D eigenvalue weighted by Gasteiger charge is -2.29. The molecule has 0 aliphatic rings. The first kappa shape index (κ1) is 21.3. The largest absolute Gasteiger partial charge is 0.513 e. The number of carbonyl (C=O) groups is 1. The maximum Gasteiger partial charge on any atom is 0.513 e. The smallest absolute Gasteiger partial charge is 0.434 e. The molecule has 0 spiro atoms. The lowest BCUT2D eigenvalue weighted by atomic mass is 9.75. The van der Waals surface area contributed by atoms with Gasteiger partial charge in [0.1, 0.15) is 0 Å². The fourth-order valence-corrected chi connectivity index (χ4v) is 2.56. The monoisotopic (exact) mass is 346 g/mol. The molecule has 0 unspecified atom stereocenters. The van der Waals surface area contributed by atoms with Crippen LogP contribution < -0.4 is 0 Å². The number of hydrogen-bond acceptors (Lipinski definition) is 3. The summed E-state index contributed by atoms with van der Waals surface area (Å²) in [7, 11) is 0. The van der Waals surface area contributed by atoms with Crippen LogP contribution in [0.2, 0.25) is 0 Å². The van der Waals surface area contributed by atoms with Crippen molar-refractivity contribution < 1.29 is 14.3 Å². The number of hydrogen-bond donors (Lipinski definition) is 0. The van der Waals surface area contributed by atoms with Crippen molar-refractivity contribution in [2.24, 2.45) is 0 Å². The third-order valence-corrected chi connectivity index (χ3v) is 5.33. The summed E-state index contributed by atoms with van der Waals surface area (Å²) in [5, 5.41) is 0. The van der Waals surface area contributed by atoms with Gasteiger partial charge in [-0.05, 0) is 53.2 Å². The standard InChI is InChI=1S/C22H34O3/c1-8-21(4,5)18-14-17(12-11-13-25-20(23)24-10-3)15-19(16-18)22(6,7)9-2/h10,14-16H,3,8-9,11-13H2,1-2,4-7H3. The minimum Gasteiger partial charge on any atom is -0.434 e. The molecular formula is C22H34O3. The molecule has 0 atom stereocenters. The first-order valence-corrected chi connectivity index (χ1v) is 9.25.